The second-order valence-corrected chi connectivity index (χ2v) is 10.0. The van der Waals surface area contributed by atoms with Crippen molar-refractivity contribution in [1.29, 1.82) is 0 Å². The maximum absolute atomic E-state index is 13.4. The van der Waals surface area contributed by atoms with Crippen LogP contribution in [0.25, 0.3) is 22.6 Å². The van der Waals surface area contributed by atoms with E-state index in [0.717, 1.165) is 54.2 Å². The molecule has 38 heavy (non-hydrogen) atoms. The van der Waals surface area contributed by atoms with Crippen molar-refractivity contribution in [1.82, 2.24) is 19.1 Å². The van der Waals surface area contributed by atoms with E-state index >= 15 is 0 Å². The minimum Gasteiger partial charge on any atom is -0.394 e. The van der Waals surface area contributed by atoms with Gasteiger partial charge >= 0.3 is 5.69 Å². The molecule has 0 amide bonds. The summed E-state index contributed by atoms with van der Waals surface area (Å²) in [5.41, 5.74) is 1.61. The molecule has 1 aromatic carbocycles. The molecule has 10 nitrogen and oxygen atoms in total. The van der Waals surface area contributed by atoms with Crippen LogP contribution in [-0.4, -0.2) is 64.4 Å². The molecule has 0 aromatic heterocycles. The van der Waals surface area contributed by atoms with Crippen LogP contribution in [-0.2, 0) is 13.1 Å². The number of hydrogen-bond donors (Lipinski definition) is 4. The molecule has 10 heteroatoms. The van der Waals surface area contributed by atoms with Gasteiger partial charge in [0.1, 0.15) is 18.3 Å². The zero-order chi connectivity index (χ0) is 27.8. The predicted molar refractivity (Wildman–Crippen MR) is 146 cm³/mol. The summed E-state index contributed by atoms with van der Waals surface area (Å²) >= 11 is 0. The van der Waals surface area contributed by atoms with Crippen molar-refractivity contribution < 1.29 is 20.4 Å². The zero-order valence-corrected chi connectivity index (χ0v) is 22.3. The Hall–Kier alpha value is -2.92. The molecule has 0 radical (unpaired) electrons. The Kier molecular flexibility index (Phi) is 10.7. The number of aliphatic hydroxyl groups excluding tert-OH is 4. The summed E-state index contributed by atoms with van der Waals surface area (Å²) in [4.78, 5) is 35.0. The van der Waals surface area contributed by atoms with E-state index in [9.17, 15) is 24.9 Å². The van der Waals surface area contributed by atoms with Crippen LogP contribution in [0.15, 0.2) is 34.4 Å². The molecule has 0 bridgehead atoms. The van der Waals surface area contributed by atoms with Crippen molar-refractivity contribution in [3.8, 4) is 11.5 Å². The number of nitrogens with zero attached hydrogens (tertiary/aromatic N) is 4. The molecule has 208 valence electrons. The third-order valence-electron chi connectivity index (χ3n) is 7.10. The van der Waals surface area contributed by atoms with E-state index in [-0.39, 0.29) is 24.6 Å². The highest BCUT2D eigenvalue weighted by Gasteiger charge is 2.28. The molecule has 0 aliphatic carbocycles. The largest absolute Gasteiger partial charge is 0.394 e. The third kappa shape index (κ3) is 6.93. The molecule has 0 unspecified atom stereocenters. The molecule has 0 fully saturated rings. The van der Waals surface area contributed by atoms with E-state index in [1.54, 1.807) is 0 Å². The highest BCUT2D eigenvalue weighted by Crippen LogP contribution is 2.25. The Morgan fingerprint density at radius 3 is 2.18 bits per heavy atom. The minimum atomic E-state index is -1.65. The number of allylic oxidation sites excluding steroid dienone is 1. The minimum absolute atomic E-state index is 0.00346. The summed E-state index contributed by atoms with van der Waals surface area (Å²) in [7, 11) is 0. The molecular formula is C28H40N4O6. The summed E-state index contributed by atoms with van der Waals surface area (Å²) in [6, 6.07) is 3.63. The van der Waals surface area contributed by atoms with Crippen LogP contribution in [0.4, 0.5) is 0 Å². The second-order valence-electron chi connectivity index (χ2n) is 10.0. The summed E-state index contributed by atoms with van der Waals surface area (Å²) in [5, 5.41) is 39.8. The van der Waals surface area contributed by atoms with Crippen LogP contribution in [0, 0.1) is 13.8 Å². The SMILES string of the molecule is C=CCCCCCCCCCn1c(=O)nc2n(C[C@H](O)[C@H](O)[C@H](O)CO)c3cc(C)c(C)cc3nc-2c1=O. The Bertz CT molecular complexity index is 1320. The average Bonchev–Trinajstić information content (AvgIpc) is 2.89. The monoisotopic (exact) mass is 528 g/mol. The molecule has 3 atom stereocenters. The van der Waals surface area contributed by atoms with E-state index < -0.39 is 36.2 Å². The van der Waals surface area contributed by atoms with Crippen LogP contribution in [0.3, 0.4) is 0 Å². The zero-order valence-electron chi connectivity index (χ0n) is 22.3. The molecular weight excluding hydrogens is 488 g/mol. The van der Waals surface area contributed by atoms with Gasteiger partial charge in [0.25, 0.3) is 5.56 Å². The predicted octanol–water partition coefficient (Wildman–Crippen LogP) is 2.06. The van der Waals surface area contributed by atoms with Crippen molar-refractivity contribution >= 4 is 11.0 Å². The fraction of sp³-hybridized carbons (Fsp3) is 0.571. The first-order valence-corrected chi connectivity index (χ1v) is 13.4. The van der Waals surface area contributed by atoms with Crippen LogP contribution in [0.2, 0.25) is 0 Å². The summed E-state index contributed by atoms with van der Waals surface area (Å²) in [6.07, 6.45) is 5.45. The first-order chi connectivity index (χ1) is 18.2. The van der Waals surface area contributed by atoms with Crippen LogP contribution < -0.4 is 11.2 Å². The van der Waals surface area contributed by atoms with Crippen LogP contribution >= 0.6 is 0 Å². The number of fused-ring (bicyclic) bond motifs is 2. The summed E-state index contributed by atoms with van der Waals surface area (Å²) in [5.74, 6) is -0.00346. The normalized spacial score (nSPS) is 14.2. The molecule has 2 aliphatic rings. The van der Waals surface area contributed by atoms with Gasteiger partial charge in [0, 0.05) is 6.54 Å². The van der Waals surface area contributed by atoms with Crippen molar-refractivity contribution in [2.45, 2.75) is 96.6 Å². The average molecular weight is 529 g/mol. The van der Waals surface area contributed by atoms with Gasteiger partial charge in [-0.3, -0.25) is 9.36 Å². The molecule has 0 spiro atoms. The number of unbranched alkanes of at least 4 members (excludes halogenated alkanes) is 7. The van der Waals surface area contributed by atoms with Gasteiger partial charge < -0.3 is 25.0 Å². The number of aliphatic hydroxyl groups is 4. The van der Waals surface area contributed by atoms with Gasteiger partial charge in [-0.2, -0.15) is 4.98 Å². The molecule has 2 heterocycles. The van der Waals surface area contributed by atoms with Gasteiger partial charge in [-0.05, 0) is 56.4 Å². The topological polar surface area (TPSA) is 151 Å². The number of aryl methyl sites for hydroxylation is 2. The molecule has 0 saturated heterocycles. The van der Waals surface area contributed by atoms with Crippen molar-refractivity contribution in [2.24, 2.45) is 0 Å². The van der Waals surface area contributed by atoms with Crippen LogP contribution in [0.5, 0.6) is 0 Å². The Morgan fingerprint density at radius 2 is 1.53 bits per heavy atom. The quantitative estimate of drug-likeness (QED) is 0.133. The maximum atomic E-state index is 13.4. The lowest BCUT2D eigenvalue weighted by atomic mass is 10.1. The fourth-order valence-electron chi connectivity index (χ4n) is 4.61. The summed E-state index contributed by atoms with van der Waals surface area (Å²) in [6.45, 7) is 6.78. The first kappa shape index (κ1) is 29.6. The molecule has 2 aliphatic heterocycles. The van der Waals surface area contributed by atoms with E-state index in [0.29, 0.717) is 17.5 Å². The first-order valence-electron chi connectivity index (χ1n) is 13.4. The van der Waals surface area contributed by atoms with Crippen molar-refractivity contribution in [2.75, 3.05) is 6.61 Å². The highest BCUT2D eigenvalue weighted by atomic mass is 16.4. The number of rotatable bonds is 15. The number of benzene rings is 1. The van der Waals surface area contributed by atoms with Crippen molar-refractivity contribution in [3.63, 3.8) is 0 Å². The van der Waals surface area contributed by atoms with Gasteiger partial charge in [0.05, 0.1) is 24.2 Å². The van der Waals surface area contributed by atoms with Gasteiger partial charge in [0.15, 0.2) is 11.5 Å². The number of hydrogen-bond acceptors (Lipinski definition) is 8. The van der Waals surface area contributed by atoms with Gasteiger partial charge in [-0.1, -0.05) is 38.2 Å². The second kappa shape index (κ2) is 13.7. The van der Waals surface area contributed by atoms with Gasteiger partial charge in [-0.25, -0.2) is 9.78 Å². The van der Waals surface area contributed by atoms with E-state index in [2.05, 4.69) is 16.5 Å². The van der Waals surface area contributed by atoms with E-state index in [1.807, 2.05) is 32.1 Å². The third-order valence-corrected chi connectivity index (χ3v) is 7.10. The van der Waals surface area contributed by atoms with Gasteiger partial charge in [-0.15, -0.1) is 6.58 Å². The summed E-state index contributed by atoms with van der Waals surface area (Å²) < 4.78 is 2.58. The van der Waals surface area contributed by atoms with E-state index in [1.165, 1.54) is 11.0 Å². The van der Waals surface area contributed by atoms with Crippen molar-refractivity contribution in [3.05, 3.63) is 56.8 Å². The van der Waals surface area contributed by atoms with E-state index in [4.69, 9.17) is 5.11 Å². The Morgan fingerprint density at radius 1 is 0.895 bits per heavy atom. The lowest BCUT2D eigenvalue weighted by Gasteiger charge is -2.25. The maximum Gasteiger partial charge on any atom is 0.352 e. The number of aromatic nitrogens is 4. The lowest BCUT2D eigenvalue weighted by Crippen LogP contribution is -2.43. The highest BCUT2D eigenvalue weighted by molar-refractivity contribution is 5.81. The van der Waals surface area contributed by atoms with Crippen LogP contribution in [0.1, 0.15) is 62.5 Å². The van der Waals surface area contributed by atoms with Gasteiger partial charge in [0.2, 0.25) is 0 Å². The smallest absolute Gasteiger partial charge is 0.352 e. The Balaban J connectivity index is 1.91. The molecule has 4 N–H and O–H groups in total. The lowest BCUT2D eigenvalue weighted by molar-refractivity contribution is -0.0802. The molecule has 3 rings (SSSR count). The fourth-order valence-corrected chi connectivity index (χ4v) is 4.61. The Labute approximate surface area is 222 Å². The molecule has 1 aromatic rings. The molecule has 0 saturated carbocycles. The standard InChI is InChI=1S/C28H40N4O6/c1-4-5-6-7-8-9-10-11-12-13-31-27(37)24-26(30-28(31)38)32(16-22(34)25(36)23(35)17-33)21-15-19(3)18(2)14-20(21)29-24/h4,14-15,22-23,25,33-36H,1,5-13,16-17H2,2-3H3/t22-,23+,25-/m0/s1.